The Kier molecular flexibility index (Phi) is 2.60. The van der Waals surface area contributed by atoms with E-state index in [1.807, 2.05) is 0 Å². The van der Waals surface area contributed by atoms with Gasteiger partial charge in [0.05, 0.1) is 0 Å². The van der Waals surface area contributed by atoms with Gasteiger partial charge in [-0.1, -0.05) is 0 Å². The van der Waals surface area contributed by atoms with E-state index in [9.17, 15) is 17.6 Å². The van der Waals surface area contributed by atoms with Gasteiger partial charge in [-0.05, 0) is 24.6 Å². The Morgan fingerprint density at radius 1 is 1.24 bits per heavy atom. The minimum atomic E-state index is -4.54. The fourth-order valence-electron chi connectivity index (χ4n) is 1.31. The lowest BCUT2D eigenvalue weighted by Gasteiger charge is -2.00. The van der Waals surface area contributed by atoms with E-state index in [0.29, 0.717) is 5.56 Å². The van der Waals surface area contributed by atoms with Gasteiger partial charge >= 0.3 is 6.18 Å². The number of rotatable bonds is 1. The molecule has 0 fully saturated rings. The van der Waals surface area contributed by atoms with Crippen LogP contribution < -0.4 is 0 Å². The van der Waals surface area contributed by atoms with Crippen molar-refractivity contribution in [3.05, 3.63) is 35.4 Å². The quantitative estimate of drug-likeness (QED) is 0.785. The zero-order valence-corrected chi connectivity index (χ0v) is 8.64. The molecule has 1 N–H and O–H groups in total. The third-order valence-electron chi connectivity index (χ3n) is 2.10. The van der Waals surface area contributed by atoms with Crippen LogP contribution in [-0.2, 0) is 6.18 Å². The number of aromatic nitrogens is 3. The summed E-state index contributed by atoms with van der Waals surface area (Å²) >= 11 is 0. The van der Waals surface area contributed by atoms with Gasteiger partial charge in [0.2, 0.25) is 0 Å². The standard InChI is InChI=1S/C10H7F4N3/c1-5-2-6(11)9(15-4-5)7-3-8(17-16-7)10(12,13)14/h2-4H,1H3,(H,16,17). The second-order valence-electron chi connectivity index (χ2n) is 3.51. The van der Waals surface area contributed by atoms with Crippen molar-refractivity contribution in [3.63, 3.8) is 0 Å². The number of hydrogen-bond donors (Lipinski definition) is 1. The highest BCUT2D eigenvalue weighted by atomic mass is 19.4. The molecule has 0 saturated carbocycles. The Bertz CT molecular complexity index is 545. The van der Waals surface area contributed by atoms with Crippen LogP contribution >= 0.6 is 0 Å². The third kappa shape index (κ3) is 2.27. The summed E-state index contributed by atoms with van der Waals surface area (Å²) in [5, 5.41) is 5.20. The normalized spacial score (nSPS) is 11.8. The average molecular weight is 245 g/mol. The molecule has 0 aliphatic carbocycles. The van der Waals surface area contributed by atoms with Crippen LogP contribution in [0.5, 0.6) is 0 Å². The van der Waals surface area contributed by atoms with Crippen LogP contribution in [0.4, 0.5) is 17.6 Å². The SMILES string of the molecule is Cc1cnc(-c2cc(C(F)(F)F)[nH]n2)c(F)c1. The van der Waals surface area contributed by atoms with Crippen LogP contribution in [0.15, 0.2) is 18.3 Å². The summed E-state index contributed by atoms with van der Waals surface area (Å²) in [5.74, 6) is -0.703. The number of H-pyrrole nitrogens is 1. The van der Waals surface area contributed by atoms with Crippen LogP contribution in [0.25, 0.3) is 11.4 Å². The van der Waals surface area contributed by atoms with Crippen molar-refractivity contribution in [1.29, 1.82) is 0 Å². The van der Waals surface area contributed by atoms with E-state index in [4.69, 9.17) is 0 Å². The van der Waals surface area contributed by atoms with Crippen molar-refractivity contribution in [2.24, 2.45) is 0 Å². The number of nitrogens with one attached hydrogen (secondary N) is 1. The molecule has 0 saturated heterocycles. The van der Waals surface area contributed by atoms with E-state index in [-0.39, 0.29) is 11.4 Å². The predicted octanol–water partition coefficient (Wildman–Crippen LogP) is 2.94. The van der Waals surface area contributed by atoms with Crippen molar-refractivity contribution in [1.82, 2.24) is 15.2 Å². The van der Waals surface area contributed by atoms with Crippen LogP contribution in [0.3, 0.4) is 0 Å². The van der Waals surface area contributed by atoms with Gasteiger partial charge in [0.1, 0.15) is 17.1 Å². The molecular weight excluding hydrogens is 238 g/mol. The lowest BCUT2D eigenvalue weighted by Crippen LogP contribution is -2.04. The fraction of sp³-hybridized carbons (Fsp3) is 0.200. The lowest BCUT2D eigenvalue weighted by molar-refractivity contribution is -0.141. The molecule has 0 unspecified atom stereocenters. The zero-order chi connectivity index (χ0) is 12.6. The Morgan fingerprint density at radius 2 is 1.94 bits per heavy atom. The summed E-state index contributed by atoms with van der Waals surface area (Å²) in [6.45, 7) is 1.63. The highest BCUT2D eigenvalue weighted by molar-refractivity contribution is 5.55. The minimum absolute atomic E-state index is 0.171. The summed E-state index contributed by atoms with van der Waals surface area (Å²) in [5.41, 5.74) is -0.829. The molecule has 2 aromatic heterocycles. The molecule has 0 spiro atoms. The molecule has 2 rings (SSSR count). The average Bonchev–Trinajstić information content (AvgIpc) is 2.65. The van der Waals surface area contributed by atoms with Crippen molar-refractivity contribution >= 4 is 0 Å². The Labute approximate surface area is 93.5 Å². The number of alkyl halides is 3. The smallest absolute Gasteiger partial charge is 0.273 e. The van der Waals surface area contributed by atoms with E-state index in [1.165, 1.54) is 12.3 Å². The molecule has 0 amide bonds. The molecule has 7 heteroatoms. The van der Waals surface area contributed by atoms with Gasteiger partial charge < -0.3 is 0 Å². The van der Waals surface area contributed by atoms with Gasteiger partial charge in [-0.25, -0.2) is 4.39 Å². The molecule has 17 heavy (non-hydrogen) atoms. The fourth-order valence-corrected chi connectivity index (χ4v) is 1.31. The molecule has 0 aliphatic heterocycles. The maximum Gasteiger partial charge on any atom is 0.432 e. The van der Waals surface area contributed by atoms with Gasteiger partial charge in [-0.15, -0.1) is 0 Å². The maximum absolute atomic E-state index is 13.4. The van der Waals surface area contributed by atoms with Gasteiger partial charge in [-0.3, -0.25) is 10.1 Å². The third-order valence-corrected chi connectivity index (χ3v) is 2.10. The highest BCUT2D eigenvalue weighted by Crippen LogP contribution is 2.30. The highest BCUT2D eigenvalue weighted by Gasteiger charge is 2.33. The Morgan fingerprint density at radius 3 is 2.47 bits per heavy atom. The Balaban J connectivity index is 2.44. The van der Waals surface area contributed by atoms with Crippen LogP contribution in [0.2, 0.25) is 0 Å². The second-order valence-corrected chi connectivity index (χ2v) is 3.51. The first-order chi connectivity index (χ1) is 7.88. The maximum atomic E-state index is 13.4. The molecule has 0 aliphatic rings. The number of halogens is 4. The summed E-state index contributed by atoms with van der Waals surface area (Å²) < 4.78 is 50.3. The van der Waals surface area contributed by atoms with Crippen LogP contribution in [0.1, 0.15) is 11.3 Å². The summed E-state index contributed by atoms with van der Waals surface area (Å²) in [6.07, 6.45) is -3.17. The molecule has 90 valence electrons. The molecule has 2 heterocycles. The van der Waals surface area contributed by atoms with Crippen LogP contribution in [-0.4, -0.2) is 15.2 Å². The number of nitrogens with zero attached hydrogens (tertiary/aromatic N) is 2. The van der Waals surface area contributed by atoms with E-state index in [2.05, 4.69) is 10.1 Å². The molecule has 0 aromatic carbocycles. The van der Waals surface area contributed by atoms with Gasteiger partial charge in [0.15, 0.2) is 5.82 Å². The first-order valence-corrected chi connectivity index (χ1v) is 4.63. The van der Waals surface area contributed by atoms with Crippen LogP contribution in [0, 0.1) is 12.7 Å². The monoisotopic (exact) mass is 245 g/mol. The van der Waals surface area contributed by atoms with Crippen molar-refractivity contribution in [2.45, 2.75) is 13.1 Å². The first kappa shape index (κ1) is 11.6. The van der Waals surface area contributed by atoms with Gasteiger partial charge in [-0.2, -0.15) is 18.3 Å². The number of aryl methyl sites for hydroxylation is 1. The number of aromatic amines is 1. The second kappa shape index (κ2) is 3.83. The van der Waals surface area contributed by atoms with Gasteiger partial charge in [0.25, 0.3) is 0 Å². The van der Waals surface area contributed by atoms with Crippen molar-refractivity contribution < 1.29 is 17.6 Å². The first-order valence-electron chi connectivity index (χ1n) is 4.63. The predicted molar refractivity (Wildman–Crippen MR) is 51.5 cm³/mol. The molecular formula is C10H7F4N3. The summed E-state index contributed by atoms with van der Waals surface area (Å²) in [6, 6.07) is 1.91. The topological polar surface area (TPSA) is 41.6 Å². The molecule has 0 atom stereocenters. The lowest BCUT2D eigenvalue weighted by atomic mass is 10.2. The zero-order valence-electron chi connectivity index (χ0n) is 8.64. The van der Waals surface area contributed by atoms with Crippen molar-refractivity contribution in [3.8, 4) is 11.4 Å². The Hall–Kier alpha value is -1.92. The van der Waals surface area contributed by atoms with E-state index >= 15 is 0 Å². The summed E-state index contributed by atoms with van der Waals surface area (Å²) in [4.78, 5) is 3.72. The summed E-state index contributed by atoms with van der Waals surface area (Å²) in [7, 11) is 0. The van der Waals surface area contributed by atoms with Crippen molar-refractivity contribution in [2.75, 3.05) is 0 Å². The number of hydrogen-bond acceptors (Lipinski definition) is 2. The van der Waals surface area contributed by atoms with E-state index in [1.54, 1.807) is 12.0 Å². The number of pyridine rings is 1. The molecule has 3 nitrogen and oxygen atoms in total. The molecule has 0 radical (unpaired) electrons. The van der Waals surface area contributed by atoms with E-state index in [0.717, 1.165) is 6.07 Å². The molecule has 0 bridgehead atoms. The largest absolute Gasteiger partial charge is 0.432 e. The minimum Gasteiger partial charge on any atom is -0.273 e. The molecule has 2 aromatic rings. The van der Waals surface area contributed by atoms with Gasteiger partial charge in [0, 0.05) is 6.20 Å². The van der Waals surface area contributed by atoms with E-state index < -0.39 is 17.7 Å².